The molecule has 0 saturated heterocycles. The Morgan fingerprint density at radius 1 is 1.32 bits per heavy atom. The van der Waals surface area contributed by atoms with E-state index >= 15 is 0 Å². The fourth-order valence-electron chi connectivity index (χ4n) is 1.39. The Kier molecular flexibility index (Phi) is 3.93. The zero-order valence-corrected chi connectivity index (χ0v) is 11.4. The Morgan fingerprint density at radius 3 is 2.58 bits per heavy atom. The van der Waals surface area contributed by atoms with Crippen LogP contribution >= 0.6 is 11.3 Å². The Hall–Kier alpha value is -1.77. The lowest BCUT2D eigenvalue weighted by Crippen LogP contribution is -2.14. The Bertz CT molecular complexity index is 680. The largest absolute Gasteiger partial charge is 0.302 e. The van der Waals surface area contributed by atoms with Crippen molar-refractivity contribution in [2.24, 2.45) is 5.14 Å². The van der Waals surface area contributed by atoms with Crippen LogP contribution in [0, 0.1) is 0 Å². The minimum absolute atomic E-state index is 0.0810. The number of nitrogens with zero attached hydrogens (tertiary/aromatic N) is 1. The molecule has 0 aliphatic rings. The summed E-state index contributed by atoms with van der Waals surface area (Å²) in [6, 6.07) is 9.20. The third-order valence-electron chi connectivity index (χ3n) is 2.22. The van der Waals surface area contributed by atoms with Gasteiger partial charge < -0.3 is 5.32 Å². The van der Waals surface area contributed by atoms with Crippen molar-refractivity contribution < 1.29 is 13.2 Å². The Morgan fingerprint density at radius 2 is 2.00 bits per heavy atom. The van der Waals surface area contributed by atoms with Crippen molar-refractivity contribution in [1.82, 2.24) is 4.98 Å². The van der Waals surface area contributed by atoms with Crippen LogP contribution in [0.25, 0.3) is 0 Å². The highest BCUT2D eigenvalue weighted by Gasteiger charge is 2.14. The summed E-state index contributed by atoms with van der Waals surface area (Å²) in [5, 5.41) is 7.70. The molecule has 8 heteroatoms. The number of hydrogen-bond acceptors (Lipinski definition) is 5. The van der Waals surface area contributed by atoms with Gasteiger partial charge in [-0.1, -0.05) is 41.7 Å². The van der Waals surface area contributed by atoms with Gasteiger partial charge in [-0.2, -0.15) is 0 Å². The molecule has 6 nitrogen and oxygen atoms in total. The summed E-state index contributed by atoms with van der Waals surface area (Å²) in [6.07, 6.45) is 1.32. The minimum Gasteiger partial charge on any atom is -0.302 e. The van der Waals surface area contributed by atoms with Gasteiger partial charge in [-0.05, 0) is 5.56 Å². The van der Waals surface area contributed by atoms with Crippen molar-refractivity contribution in [2.45, 2.75) is 10.6 Å². The highest BCUT2D eigenvalue weighted by Crippen LogP contribution is 2.21. The standard InChI is InChI=1S/C11H11N3O3S2/c12-19(16,17)10-7-13-11(18-10)14-9(15)6-8-4-2-1-3-5-8/h1-5,7H,6H2,(H2,12,16,17)(H,13,14,15). The number of primary sulfonamides is 1. The SMILES string of the molecule is NS(=O)(=O)c1cnc(NC(=O)Cc2ccccc2)s1. The van der Waals surface area contributed by atoms with Crippen LogP contribution < -0.4 is 10.5 Å². The highest BCUT2D eigenvalue weighted by molar-refractivity contribution is 7.91. The first-order valence-corrected chi connectivity index (χ1v) is 7.64. The van der Waals surface area contributed by atoms with Gasteiger partial charge in [0.25, 0.3) is 0 Å². The minimum atomic E-state index is -3.77. The molecule has 1 heterocycles. The molecule has 2 aromatic rings. The third-order valence-corrected chi connectivity index (χ3v) is 4.54. The second-order valence-electron chi connectivity index (χ2n) is 3.74. The smallest absolute Gasteiger partial charge is 0.249 e. The van der Waals surface area contributed by atoms with Gasteiger partial charge in [0.05, 0.1) is 12.6 Å². The molecule has 2 rings (SSSR count). The highest BCUT2D eigenvalue weighted by atomic mass is 32.2. The number of amides is 1. The summed E-state index contributed by atoms with van der Waals surface area (Å²) < 4.78 is 22.0. The molecule has 1 aromatic carbocycles. The molecule has 1 aromatic heterocycles. The van der Waals surface area contributed by atoms with E-state index in [-0.39, 0.29) is 21.7 Å². The van der Waals surface area contributed by atoms with E-state index in [0.29, 0.717) is 0 Å². The number of carbonyl (C=O) groups is 1. The number of benzene rings is 1. The summed E-state index contributed by atoms with van der Waals surface area (Å²) in [6.45, 7) is 0. The van der Waals surface area contributed by atoms with Gasteiger partial charge in [0.1, 0.15) is 0 Å². The maximum absolute atomic E-state index is 11.7. The summed E-state index contributed by atoms with van der Waals surface area (Å²) in [4.78, 5) is 15.5. The predicted octanol–water partition coefficient (Wildman–Crippen LogP) is 0.972. The van der Waals surface area contributed by atoms with Gasteiger partial charge in [0.15, 0.2) is 9.34 Å². The zero-order valence-electron chi connectivity index (χ0n) is 9.74. The van der Waals surface area contributed by atoms with E-state index in [4.69, 9.17) is 5.14 Å². The molecule has 0 aliphatic heterocycles. The van der Waals surface area contributed by atoms with Crippen molar-refractivity contribution in [2.75, 3.05) is 5.32 Å². The average Bonchev–Trinajstić information content (AvgIpc) is 2.78. The van der Waals surface area contributed by atoms with Crippen molar-refractivity contribution in [3.05, 3.63) is 42.1 Å². The van der Waals surface area contributed by atoms with Gasteiger partial charge in [0, 0.05) is 0 Å². The van der Waals surface area contributed by atoms with E-state index in [9.17, 15) is 13.2 Å². The first kappa shape index (κ1) is 13.7. The number of hydrogen-bond donors (Lipinski definition) is 2. The number of aromatic nitrogens is 1. The third kappa shape index (κ3) is 3.85. The molecule has 0 aliphatic carbocycles. The lowest BCUT2D eigenvalue weighted by atomic mass is 10.1. The van der Waals surface area contributed by atoms with E-state index in [1.807, 2.05) is 30.3 Å². The summed E-state index contributed by atoms with van der Waals surface area (Å²) in [5.74, 6) is -0.262. The molecule has 0 spiro atoms. The number of nitrogens with two attached hydrogens (primary N) is 1. The number of rotatable bonds is 4. The maximum atomic E-state index is 11.7. The fraction of sp³-hybridized carbons (Fsp3) is 0.0909. The molecule has 3 N–H and O–H groups in total. The van der Waals surface area contributed by atoms with E-state index in [1.54, 1.807) is 0 Å². The van der Waals surface area contributed by atoms with E-state index in [2.05, 4.69) is 10.3 Å². The molecular formula is C11H11N3O3S2. The molecule has 0 bridgehead atoms. The maximum Gasteiger partial charge on any atom is 0.249 e. The van der Waals surface area contributed by atoms with Crippen LogP contribution in [0.5, 0.6) is 0 Å². The first-order valence-electron chi connectivity index (χ1n) is 5.27. The second kappa shape index (κ2) is 5.47. The van der Waals surface area contributed by atoms with Crippen LogP contribution in [-0.4, -0.2) is 19.3 Å². The molecule has 19 heavy (non-hydrogen) atoms. The molecule has 0 fully saturated rings. The molecular weight excluding hydrogens is 286 g/mol. The number of carbonyl (C=O) groups excluding carboxylic acids is 1. The van der Waals surface area contributed by atoms with Crippen LogP contribution in [0.15, 0.2) is 40.7 Å². The summed E-state index contributed by atoms with van der Waals surface area (Å²) in [5.41, 5.74) is 0.864. The van der Waals surface area contributed by atoms with Gasteiger partial charge in [-0.25, -0.2) is 18.5 Å². The summed E-state index contributed by atoms with van der Waals surface area (Å²) in [7, 11) is -3.77. The normalized spacial score (nSPS) is 11.2. The van der Waals surface area contributed by atoms with Crippen LogP contribution in [-0.2, 0) is 21.2 Å². The number of anilines is 1. The van der Waals surface area contributed by atoms with Crippen LogP contribution in [0.2, 0.25) is 0 Å². The van der Waals surface area contributed by atoms with Gasteiger partial charge >= 0.3 is 0 Å². The van der Waals surface area contributed by atoms with Crippen LogP contribution in [0.4, 0.5) is 5.13 Å². The van der Waals surface area contributed by atoms with E-state index in [1.165, 1.54) is 0 Å². The quantitative estimate of drug-likeness (QED) is 0.877. The monoisotopic (exact) mass is 297 g/mol. The molecule has 0 unspecified atom stereocenters. The van der Waals surface area contributed by atoms with Crippen molar-refractivity contribution in [3.63, 3.8) is 0 Å². The van der Waals surface area contributed by atoms with E-state index in [0.717, 1.165) is 23.1 Å². The first-order chi connectivity index (χ1) is 8.95. The lowest BCUT2D eigenvalue weighted by Gasteiger charge is -2.01. The van der Waals surface area contributed by atoms with Crippen molar-refractivity contribution >= 4 is 32.4 Å². The number of sulfonamides is 1. The second-order valence-corrected chi connectivity index (χ2v) is 6.56. The van der Waals surface area contributed by atoms with Crippen LogP contribution in [0.3, 0.4) is 0 Å². The van der Waals surface area contributed by atoms with Crippen molar-refractivity contribution in [1.29, 1.82) is 0 Å². The Balaban J connectivity index is 2.02. The molecule has 0 radical (unpaired) electrons. The van der Waals surface area contributed by atoms with Gasteiger partial charge in [-0.3, -0.25) is 4.79 Å². The zero-order chi connectivity index (χ0) is 13.9. The predicted molar refractivity (Wildman–Crippen MR) is 72.3 cm³/mol. The van der Waals surface area contributed by atoms with Gasteiger partial charge in [-0.15, -0.1) is 0 Å². The lowest BCUT2D eigenvalue weighted by molar-refractivity contribution is -0.115. The molecule has 100 valence electrons. The molecule has 0 atom stereocenters. The average molecular weight is 297 g/mol. The topological polar surface area (TPSA) is 102 Å². The van der Waals surface area contributed by atoms with Crippen molar-refractivity contribution in [3.8, 4) is 0 Å². The van der Waals surface area contributed by atoms with Crippen LogP contribution in [0.1, 0.15) is 5.56 Å². The fourth-order valence-corrected chi connectivity index (χ4v) is 2.86. The Labute approximate surface area is 114 Å². The molecule has 1 amide bonds. The number of thiazole rings is 1. The summed E-state index contributed by atoms with van der Waals surface area (Å²) >= 11 is 0.823. The van der Waals surface area contributed by atoms with E-state index < -0.39 is 10.0 Å². The van der Waals surface area contributed by atoms with Gasteiger partial charge in [0.2, 0.25) is 15.9 Å². The number of nitrogens with one attached hydrogen (secondary N) is 1. The molecule has 0 saturated carbocycles.